The molecule has 4 rings (SSSR count). The normalized spacial score (nSPS) is 15.1. The fourth-order valence-electron chi connectivity index (χ4n) is 2.73. The molecular formula is C22H18N2O2S2. The van der Waals surface area contributed by atoms with Gasteiger partial charge in [-0.15, -0.1) is 11.8 Å². The summed E-state index contributed by atoms with van der Waals surface area (Å²) in [5.41, 5.74) is 3.19. The summed E-state index contributed by atoms with van der Waals surface area (Å²) in [6, 6.07) is 20.0. The molecule has 1 aromatic heterocycles. The van der Waals surface area contributed by atoms with E-state index in [2.05, 4.69) is 33.8 Å². The lowest BCUT2D eigenvalue weighted by Gasteiger charge is -2.08. The van der Waals surface area contributed by atoms with E-state index in [1.54, 1.807) is 0 Å². The highest BCUT2D eigenvalue weighted by molar-refractivity contribution is 8.40. The highest BCUT2D eigenvalue weighted by atomic mass is 32.2. The van der Waals surface area contributed by atoms with Gasteiger partial charge in [-0.2, -0.15) is 4.99 Å². The molecule has 3 aromatic rings. The van der Waals surface area contributed by atoms with Crippen molar-refractivity contribution < 1.29 is 9.53 Å². The van der Waals surface area contributed by atoms with Crippen molar-refractivity contribution in [2.45, 2.75) is 6.61 Å². The van der Waals surface area contributed by atoms with Crippen molar-refractivity contribution in [3.63, 3.8) is 0 Å². The topological polar surface area (TPSA) is 43.6 Å². The largest absolute Gasteiger partial charge is 0.489 e. The molecule has 1 aliphatic heterocycles. The Bertz CT molecular complexity index is 1020. The summed E-state index contributed by atoms with van der Waals surface area (Å²) in [5.74, 6) is 0.626. The molecule has 0 saturated heterocycles. The molecule has 2 aromatic carbocycles. The third-order valence-electron chi connectivity index (χ3n) is 4.20. The molecule has 0 aliphatic carbocycles. The highest BCUT2D eigenvalue weighted by Gasteiger charge is 2.20. The van der Waals surface area contributed by atoms with Crippen molar-refractivity contribution in [3.8, 4) is 11.4 Å². The minimum Gasteiger partial charge on any atom is -0.489 e. The number of rotatable bonds is 5. The van der Waals surface area contributed by atoms with Gasteiger partial charge in [-0.05, 0) is 59.9 Å². The van der Waals surface area contributed by atoms with E-state index in [0.717, 1.165) is 26.9 Å². The highest BCUT2D eigenvalue weighted by Crippen LogP contribution is 2.32. The number of thioether (sulfide) groups is 2. The fraction of sp³-hybridized carbons (Fsp3) is 0.0909. The average molecular weight is 407 g/mol. The Morgan fingerprint density at radius 2 is 1.79 bits per heavy atom. The summed E-state index contributed by atoms with van der Waals surface area (Å²) >= 11 is 2.90. The first kappa shape index (κ1) is 18.7. The van der Waals surface area contributed by atoms with Gasteiger partial charge in [0.25, 0.3) is 5.91 Å². The number of carbonyl (C=O) groups excluding carboxylic acids is 1. The molecule has 0 saturated carbocycles. The number of hydrogen-bond donors (Lipinski definition) is 0. The van der Waals surface area contributed by atoms with Gasteiger partial charge in [0.1, 0.15) is 16.7 Å². The fourth-order valence-corrected chi connectivity index (χ4v) is 4.15. The predicted molar refractivity (Wildman–Crippen MR) is 118 cm³/mol. The molecule has 0 fully saturated rings. The molecule has 0 spiro atoms. The first-order valence-corrected chi connectivity index (χ1v) is 10.8. The molecule has 1 aliphatic rings. The van der Waals surface area contributed by atoms with E-state index in [0.29, 0.717) is 11.5 Å². The van der Waals surface area contributed by atoms with Gasteiger partial charge in [-0.1, -0.05) is 36.0 Å². The lowest BCUT2D eigenvalue weighted by atomic mass is 10.2. The van der Waals surface area contributed by atoms with E-state index in [9.17, 15) is 4.79 Å². The van der Waals surface area contributed by atoms with E-state index >= 15 is 0 Å². The molecular weight excluding hydrogens is 388 g/mol. The zero-order valence-electron chi connectivity index (χ0n) is 15.2. The van der Waals surface area contributed by atoms with Crippen LogP contribution in [0.15, 0.2) is 83.0 Å². The summed E-state index contributed by atoms with van der Waals surface area (Å²) in [6.07, 6.45) is 7.83. The molecule has 0 bridgehead atoms. The first-order valence-electron chi connectivity index (χ1n) is 8.73. The van der Waals surface area contributed by atoms with Crippen molar-refractivity contribution >= 4 is 39.9 Å². The van der Waals surface area contributed by atoms with E-state index in [1.807, 2.05) is 61.1 Å². The molecule has 4 nitrogen and oxygen atoms in total. The predicted octanol–water partition coefficient (Wildman–Crippen LogP) is 5.39. The van der Waals surface area contributed by atoms with Crippen LogP contribution >= 0.6 is 23.5 Å². The van der Waals surface area contributed by atoms with Gasteiger partial charge in [0.2, 0.25) is 0 Å². The number of hydrogen-bond acceptors (Lipinski definition) is 4. The van der Waals surface area contributed by atoms with E-state index < -0.39 is 0 Å². The second-order valence-corrected chi connectivity index (χ2v) is 8.20. The number of aromatic nitrogens is 1. The van der Waals surface area contributed by atoms with Crippen LogP contribution in [-0.2, 0) is 11.4 Å². The number of carbonyl (C=O) groups is 1. The van der Waals surface area contributed by atoms with E-state index in [4.69, 9.17) is 4.74 Å². The molecule has 6 heteroatoms. The Labute approximate surface area is 172 Å². The number of amides is 1. The summed E-state index contributed by atoms with van der Waals surface area (Å²) in [4.78, 5) is 16.5. The number of aliphatic imine (C=N–C) groups is 1. The Hall–Kier alpha value is -2.70. The van der Waals surface area contributed by atoms with Crippen LogP contribution in [0.2, 0.25) is 0 Å². The molecule has 1 amide bonds. The second kappa shape index (κ2) is 8.54. The standard InChI is InChI=1S/C22H18N2O2S2/c1-27-22-23-21(25)20(28-22)14-16-6-10-19(11-7-16)26-15-17-4-8-18(9-5-17)24-12-2-3-13-24/h2-14H,15H2,1H3/b20-14-. The average Bonchev–Trinajstić information content (AvgIpc) is 3.38. The van der Waals surface area contributed by atoms with Gasteiger partial charge < -0.3 is 9.30 Å². The van der Waals surface area contributed by atoms with Crippen molar-refractivity contribution in [2.75, 3.05) is 6.26 Å². The summed E-state index contributed by atoms with van der Waals surface area (Å²) in [6.45, 7) is 0.506. The lowest BCUT2D eigenvalue weighted by molar-refractivity contribution is -0.113. The number of benzene rings is 2. The van der Waals surface area contributed by atoms with Crippen molar-refractivity contribution in [1.29, 1.82) is 0 Å². The molecule has 0 N–H and O–H groups in total. The monoisotopic (exact) mass is 406 g/mol. The van der Waals surface area contributed by atoms with Gasteiger partial charge in [0, 0.05) is 18.1 Å². The third-order valence-corrected chi connectivity index (χ3v) is 6.17. The molecule has 2 heterocycles. The quantitative estimate of drug-likeness (QED) is 0.533. The smallest absolute Gasteiger partial charge is 0.285 e. The minimum atomic E-state index is -0.168. The van der Waals surface area contributed by atoms with Crippen molar-refractivity contribution in [1.82, 2.24) is 4.57 Å². The Kier molecular flexibility index (Phi) is 5.69. The Morgan fingerprint density at radius 3 is 2.43 bits per heavy atom. The molecule has 28 heavy (non-hydrogen) atoms. The second-order valence-electron chi connectivity index (χ2n) is 6.11. The maximum Gasteiger partial charge on any atom is 0.285 e. The Balaban J connectivity index is 1.35. The third kappa shape index (κ3) is 4.40. The van der Waals surface area contributed by atoms with Gasteiger partial charge in [0.15, 0.2) is 0 Å². The number of nitrogens with zero attached hydrogens (tertiary/aromatic N) is 2. The van der Waals surface area contributed by atoms with Crippen LogP contribution in [0.5, 0.6) is 5.75 Å². The summed E-state index contributed by atoms with van der Waals surface area (Å²) in [5, 5.41) is 0. The lowest BCUT2D eigenvalue weighted by Crippen LogP contribution is -1.96. The van der Waals surface area contributed by atoms with Crippen molar-refractivity contribution in [3.05, 3.63) is 89.1 Å². The maximum absolute atomic E-state index is 11.9. The summed E-state index contributed by atoms with van der Waals surface area (Å²) in [7, 11) is 0. The van der Waals surface area contributed by atoms with Crippen LogP contribution < -0.4 is 4.74 Å². The van der Waals surface area contributed by atoms with E-state index in [1.165, 1.54) is 23.5 Å². The van der Waals surface area contributed by atoms with Gasteiger partial charge in [0.05, 0.1) is 4.91 Å². The van der Waals surface area contributed by atoms with Crippen LogP contribution in [0.1, 0.15) is 11.1 Å². The van der Waals surface area contributed by atoms with Crippen LogP contribution in [0, 0.1) is 0 Å². The Morgan fingerprint density at radius 1 is 1.07 bits per heavy atom. The SMILES string of the molecule is CSC1=NC(=O)/C(=C/c2ccc(OCc3ccc(-n4cccc4)cc3)cc2)S1. The van der Waals surface area contributed by atoms with Gasteiger partial charge >= 0.3 is 0 Å². The number of ether oxygens (including phenoxy) is 1. The minimum absolute atomic E-state index is 0.168. The van der Waals surface area contributed by atoms with Crippen LogP contribution in [0.3, 0.4) is 0 Å². The van der Waals surface area contributed by atoms with Gasteiger partial charge in [-0.3, -0.25) is 4.79 Å². The zero-order valence-corrected chi connectivity index (χ0v) is 16.9. The van der Waals surface area contributed by atoms with E-state index in [-0.39, 0.29) is 5.91 Å². The molecule has 0 atom stereocenters. The van der Waals surface area contributed by atoms with Gasteiger partial charge in [-0.25, -0.2) is 0 Å². The van der Waals surface area contributed by atoms with Crippen LogP contribution in [-0.4, -0.2) is 21.1 Å². The van der Waals surface area contributed by atoms with Crippen molar-refractivity contribution in [2.24, 2.45) is 4.99 Å². The molecule has 140 valence electrons. The summed E-state index contributed by atoms with van der Waals surface area (Å²) < 4.78 is 8.74. The zero-order chi connectivity index (χ0) is 19.3. The molecule has 0 unspecified atom stereocenters. The first-order chi connectivity index (χ1) is 13.7. The molecule has 0 radical (unpaired) electrons. The van der Waals surface area contributed by atoms with Crippen LogP contribution in [0.25, 0.3) is 11.8 Å². The maximum atomic E-state index is 11.9. The van der Waals surface area contributed by atoms with Crippen LogP contribution in [0.4, 0.5) is 0 Å².